The molecule has 0 spiro atoms. The minimum atomic E-state index is -1.63. The van der Waals surface area contributed by atoms with Crippen molar-refractivity contribution in [3.8, 4) is 0 Å². The van der Waals surface area contributed by atoms with E-state index in [0.29, 0.717) is 12.2 Å². The summed E-state index contributed by atoms with van der Waals surface area (Å²) in [5.41, 5.74) is 0.122. The fraction of sp³-hybridized carbons (Fsp3) is 1.00. The van der Waals surface area contributed by atoms with Crippen molar-refractivity contribution < 1.29 is 13.9 Å². The maximum absolute atomic E-state index is 6.91. The van der Waals surface area contributed by atoms with E-state index in [-0.39, 0.29) is 16.6 Å². The van der Waals surface area contributed by atoms with Gasteiger partial charge in [0.15, 0.2) is 8.32 Å². The third-order valence-corrected chi connectivity index (χ3v) is 10.5. The van der Waals surface area contributed by atoms with Gasteiger partial charge in [-0.3, -0.25) is 0 Å². The summed E-state index contributed by atoms with van der Waals surface area (Å²) in [6, 6.07) is 1.21. The molecule has 1 aliphatic heterocycles. The number of hydrogen-bond acceptors (Lipinski definition) is 3. The van der Waals surface area contributed by atoms with Crippen molar-refractivity contribution in [2.75, 3.05) is 7.11 Å². The lowest BCUT2D eigenvalue weighted by atomic mass is 9.68. The summed E-state index contributed by atoms with van der Waals surface area (Å²) >= 11 is 0. The maximum Gasteiger partial charge on any atom is 0.184 e. The predicted octanol–water partition coefficient (Wildman–Crippen LogP) is 8.27. The van der Waals surface area contributed by atoms with Gasteiger partial charge in [0.25, 0.3) is 0 Å². The number of methoxy groups -OCH3 is 1. The lowest BCUT2D eigenvalue weighted by molar-refractivity contribution is -0.0504. The minimum Gasteiger partial charge on any atom is -0.412 e. The second kappa shape index (κ2) is 10.5. The molecule has 32 heavy (non-hydrogen) atoms. The zero-order valence-corrected chi connectivity index (χ0v) is 25.5. The summed E-state index contributed by atoms with van der Waals surface area (Å²) in [5.74, 6) is 0.833. The average Bonchev–Trinajstić information content (AvgIpc) is 3.35. The summed E-state index contributed by atoms with van der Waals surface area (Å²) in [5, 5.41) is 0. The minimum absolute atomic E-state index is 0.0426. The predicted molar refractivity (Wildman–Crippen MR) is 144 cm³/mol. The molecule has 0 aromatic carbocycles. The van der Waals surface area contributed by atoms with Crippen LogP contribution in [0.1, 0.15) is 85.5 Å². The van der Waals surface area contributed by atoms with E-state index in [2.05, 4.69) is 67.0 Å². The van der Waals surface area contributed by atoms with Crippen LogP contribution in [0.5, 0.6) is 0 Å². The van der Waals surface area contributed by atoms with Gasteiger partial charge in [-0.1, -0.05) is 39.9 Å². The number of hydrogen-bond donors (Lipinski definition) is 0. The molecule has 0 aromatic heterocycles. The molecule has 2 aliphatic rings. The Morgan fingerprint density at radius 3 is 2.00 bits per heavy atom. The van der Waals surface area contributed by atoms with E-state index < -0.39 is 16.4 Å². The zero-order chi connectivity index (χ0) is 24.4. The van der Waals surface area contributed by atoms with Crippen LogP contribution in [0.3, 0.4) is 0 Å². The Morgan fingerprint density at radius 2 is 1.50 bits per heavy atom. The molecular formula is C27H56O3Si2. The summed E-state index contributed by atoms with van der Waals surface area (Å²) in [6.45, 7) is 24.1. The first kappa shape index (κ1) is 28.6. The molecule has 6 atom stereocenters. The molecule has 2 rings (SSSR count). The van der Waals surface area contributed by atoms with Crippen LogP contribution >= 0.6 is 0 Å². The van der Waals surface area contributed by atoms with Crippen molar-refractivity contribution >= 4 is 16.4 Å². The largest absolute Gasteiger partial charge is 0.412 e. The van der Waals surface area contributed by atoms with Crippen molar-refractivity contribution in [1.82, 2.24) is 0 Å². The van der Waals surface area contributed by atoms with E-state index in [1.165, 1.54) is 44.6 Å². The highest BCUT2D eigenvalue weighted by molar-refractivity contribution is 6.76. The third-order valence-electron chi connectivity index (χ3n) is 7.60. The summed E-state index contributed by atoms with van der Waals surface area (Å²) in [7, 11) is -0.944. The van der Waals surface area contributed by atoms with Gasteiger partial charge in [0, 0.05) is 15.2 Å². The normalized spacial score (nSPS) is 29.5. The summed E-state index contributed by atoms with van der Waals surface area (Å²) in [4.78, 5) is 0. The summed E-state index contributed by atoms with van der Waals surface area (Å²) < 4.78 is 19.0. The lowest BCUT2D eigenvalue weighted by Crippen LogP contribution is -2.47. The molecule has 0 radical (unpaired) electrons. The van der Waals surface area contributed by atoms with Crippen molar-refractivity contribution in [1.29, 1.82) is 0 Å². The first-order valence-electron chi connectivity index (χ1n) is 13.4. The van der Waals surface area contributed by atoms with Gasteiger partial charge >= 0.3 is 0 Å². The average molecular weight is 485 g/mol. The molecule has 0 aromatic rings. The van der Waals surface area contributed by atoms with Crippen LogP contribution in [0, 0.1) is 11.3 Å². The highest BCUT2D eigenvalue weighted by atomic mass is 28.4. The molecule has 1 saturated carbocycles. The fourth-order valence-electron chi connectivity index (χ4n) is 7.12. The topological polar surface area (TPSA) is 31.0 Å². The Hall–Kier alpha value is 0.314. The molecule has 5 heteroatoms. The van der Waals surface area contributed by atoms with E-state index in [0.717, 1.165) is 25.2 Å². The van der Waals surface area contributed by atoms with Crippen molar-refractivity contribution in [2.24, 2.45) is 11.3 Å². The molecule has 3 nitrogen and oxygen atoms in total. The first-order chi connectivity index (χ1) is 14.5. The standard InChI is InChI=1S/C27H56O3Si2/c1-12-16-26(3,30-32(9,10)11)19-25(2,20-27(4,28-5)21-31(6,7)8)17-15-22-13-14-23-24(18-22)29-23/h22-24H,12-21H2,1-11H3. The number of fused-ring (bicyclic) bond motifs is 1. The van der Waals surface area contributed by atoms with E-state index in [4.69, 9.17) is 13.9 Å². The van der Waals surface area contributed by atoms with Gasteiger partial charge in [-0.15, -0.1) is 0 Å². The Balaban J connectivity index is 2.22. The van der Waals surface area contributed by atoms with Gasteiger partial charge in [0.2, 0.25) is 0 Å². The third kappa shape index (κ3) is 9.52. The first-order valence-corrected chi connectivity index (χ1v) is 20.5. The monoisotopic (exact) mass is 484 g/mol. The molecule has 1 saturated heterocycles. The Bertz CT molecular complexity index is 599. The second-order valence-electron chi connectivity index (χ2n) is 14.4. The zero-order valence-electron chi connectivity index (χ0n) is 23.5. The SMILES string of the molecule is CCCC(C)(CC(C)(CCC1CCC2OC2C1)CC(C)(C[Si](C)(C)C)OC)O[Si](C)(C)C. The molecule has 1 heterocycles. The molecule has 6 unspecified atom stereocenters. The van der Waals surface area contributed by atoms with E-state index in [1.54, 1.807) is 0 Å². The van der Waals surface area contributed by atoms with Gasteiger partial charge in [-0.25, -0.2) is 0 Å². The highest BCUT2D eigenvalue weighted by Gasteiger charge is 2.46. The van der Waals surface area contributed by atoms with Crippen LogP contribution < -0.4 is 0 Å². The van der Waals surface area contributed by atoms with E-state index >= 15 is 0 Å². The number of rotatable bonds is 14. The van der Waals surface area contributed by atoms with Crippen LogP contribution in [0.4, 0.5) is 0 Å². The molecular weight excluding hydrogens is 428 g/mol. The second-order valence-corrected chi connectivity index (χ2v) is 24.3. The molecule has 0 bridgehead atoms. The van der Waals surface area contributed by atoms with Gasteiger partial charge in [-0.05, 0) is 102 Å². The van der Waals surface area contributed by atoms with Crippen molar-refractivity contribution in [3.63, 3.8) is 0 Å². The number of epoxide rings is 1. The fourth-order valence-corrected chi connectivity index (χ4v) is 11.3. The van der Waals surface area contributed by atoms with Crippen LogP contribution in [-0.4, -0.2) is 46.9 Å². The molecule has 0 amide bonds. The van der Waals surface area contributed by atoms with Crippen LogP contribution in [0.2, 0.25) is 45.3 Å². The quantitative estimate of drug-likeness (QED) is 0.183. The maximum atomic E-state index is 6.91. The molecule has 2 fully saturated rings. The van der Waals surface area contributed by atoms with Gasteiger partial charge in [0.05, 0.1) is 23.4 Å². The molecule has 0 N–H and O–H groups in total. The van der Waals surface area contributed by atoms with Crippen LogP contribution in [-0.2, 0) is 13.9 Å². The van der Waals surface area contributed by atoms with Gasteiger partial charge in [0.1, 0.15) is 0 Å². The Labute approximate surface area is 202 Å². The Kier molecular flexibility index (Phi) is 9.38. The van der Waals surface area contributed by atoms with Crippen LogP contribution in [0.25, 0.3) is 0 Å². The highest BCUT2D eigenvalue weighted by Crippen LogP contribution is 2.48. The molecule has 1 aliphatic carbocycles. The van der Waals surface area contributed by atoms with E-state index in [9.17, 15) is 0 Å². The van der Waals surface area contributed by atoms with E-state index in [1.807, 2.05) is 7.11 Å². The summed E-state index contributed by atoms with van der Waals surface area (Å²) in [6.07, 6.45) is 12.3. The van der Waals surface area contributed by atoms with Crippen molar-refractivity contribution in [2.45, 2.75) is 154 Å². The number of ether oxygens (including phenoxy) is 2. The smallest absolute Gasteiger partial charge is 0.184 e. The van der Waals surface area contributed by atoms with Gasteiger partial charge in [-0.2, -0.15) is 0 Å². The van der Waals surface area contributed by atoms with Crippen molar-refractivity contribution in [3.05, 3.63) is 0 Å². The Morgan fingerprint density at radius 1 is 0.875 bits per heavy atom. The molecule has 190 valence electrons. The lowest BCUT2D eigenvalue weighted by Gasteiger charge is -2.47. The van der Waals surface area contributed by atoms with Gasteiger partial charge < -0.3 is 13.9 Å². The van der Waals surface area contributed by atoms with Crippen LogP contribution in [0.15, 0.2) is 0 Å².